The Morgan fingerprint density at radius 3 is 0.833 bits per heavy atom. The predicted octanol–water partition coefficient (Wildman–Crippen LogP) is 17.8. The molecule has 0 fully saturated rings. The second kappa shape index (κ2) is 27.3. The van der Waals surface area contributed by atoms with Crippen LogP contribution in [0.2, 0.25) is 0 Å². The first-order valence-corrected chi connectivity index (χ1v) is 24.2. The minimum atomic E-state index is -0.833. The van der Waals surface area contributed by atoms with Crippen molar-refractivity contribution < 1.29 is 40.2 Å². The van der Waals surface area contributed by atoms with Crippen LogP contribution in [-0.4, -0.2) is 22.2 Å². The van der Waals surface area contributed by atoms with Gasteiger partial charge in [0.15, 0.2) is 0 Å². The second-order valence-electron chi connectivity index (χ2n) is 19.7. The van der Waals surface area contributed by atoms with Crippen molar-refractivity contribution in [2.75, 3.05) is 10.2 Å². The Morgan fingerprint density at radius 2 is 0.621 bits per heavy atom. The van der Waals surface area contributed by atoms with Crippen molar-refractivity contribution in [1.29, 1.82) is 0 Å². The molecule has 0 heterocycles. The quantitative estimate of drug-likeness (QED) is 0.118. The number of hydrogen-bond donors (Lipinski definition) is 3. The summed E-state index contributed by atoms with van der Waals surface area (Å²) in [7, 11) is 0. The predicted molar refractivity (Wildman–Crippen MR) is 293 cm³/mol. The molecule has 6 nitrogen and oxygen atoms in total. The van der Waals surface area contributed by atoms with Crippen molar-refractivity contribution in [3.05, 3.63) is 180 Å². The van der Waals surface area contributed by atoms with E-state index < -0.39 is 11.9 Å². The number of halogens is 3. The zero-order valence-electron chi connectivity index (χ0n) is 41.0. The number of benzene rings is 6. The van der Waals surface area contributed by atoms with Crippen molar-refractivity contribution in [2.45, 2.75) is 119 Å². The van der Waals surface area contributed by atoms with Crippen LogP contribution in [0.25, 0.3) is 0 Å². The molecule has 0 saturated heterocycles. The van der Waals surface area contributed by atoms with Gasteiger partial charge in [-0.3, -0.25) is 9.59 Å². The minimum Gasteiger partial charge on any atom is -0.481 e. The fourth-order valence-electron chi connectivity index (χ4n) is 5.96. The van der Waals surface area contributed by atoms with Crippen molar-refractivity contribution in [2.24, 2.45) is 0 Å². The van der Waals surface area contributed by atoms with Crippen LogP contribution in [0.3, 0.4) is 0 Å². The number of rotatable bonds is 5. The molecule has 0 aliphatic rings. The molecule has 6 rings (SSSR count). The molecular formula is C56H69Br2IN2O4Pd. The third-order valence-electron chi connectivity index (χ3n) is 9.66. The Labute approximate surface area is 440 Å². The van der Waals surface area contributed by atoms with Crippen molar-refractivity contribution in [3.63, 3.8) is 0 Å². The first-order valence-electron chi connectivity index (χ1n) is 21.5. The molecule has 0 amide bonds. The fraction of sp³-hybridized carbons (Fsp3) is 0.321. The van der Waals surface area contributed by atoms with E-state index in [2.05, 4.69) is 281 Å². The summed E-state index contributed by atoms with van der Waals surface area (Å²) >= 11 is 9.17. The summed E-state index contributed by atoms with van der Waals surface area (Å²) in [6, 6.07) is 51.9. The Kier molecular flexibility index (Phi) is 24.9. The number of carboxylic acid groups (broad SMARTS) is 2. The second-order valence-corrected chi connectivity index (χ2v) is 22.7. The molecule has 6 aromatic carbocycles. The van der Waals surface area contributed by atoms with E-state index in [4.69, 9.17) is 19.8 Å². The maximum absolute atomic E-state index is 9.00. The van der Waals surface area contributed by atoms with Gasteiger partial charge in [0.1, 0.15) is 0 Å². The van der Waals surface area contributed by atoms with E-state index in [-0.39, 0.29) is 42.1 Å². The molecule has 0 aromatic heterocycles. The standard InChI is InChI=1S/C26H30BrN.C20H27N.C6H4BrI.2C2H4O2.Pd/c1-25(2,3)19-7-13-22(14-8-19)28(24-17-11-21(27)12-18-24)23-15-9-20(10-16-23)26(4,5)6;1-19(2,3)15-7-11-17(12-8-15)21-18-13-9-16(10-14-18)20(4,5)6;7-5-1-3-6(8)4-2-5;2*1-2(3)4;/h7-18H,1-6H3;7-14,21H,1-6H3;1-4H;2*1H3,(H,3,4);. The number of hydrogen-bond acceptors (Lipinski definition) is 4. The van der Waals surface area contributed by atoms with E-state index >= 15 is 0 Å². The van der Waals surface area contributed by atoms with E-state index in [0.29, 0.717) is 0 Å². The summed E-state index contributed by atoms with van der Waals surface area (Å²) in [4.78, 5) is 20.3. The van der Waals surface area contributed by atoms with Crippen molar-refractivity contribution in [3.8, 4) is 0 Å². The topological polar surface area (TPSA) is 89.9 Å². The first kappa shape index (κ1) is 60.2. The number of aliphatic carboxylic acids is 2. The van der Waals surface area contributed by atoms with Crippen LogP contribution in [0.4, 0.5) is 28.4 Å². The van der Waals surface area contributed by atoms with Crippen LogP contribution in [0.5, 0.6) is 0 Å². The number of nitrogens with zero attached hydrogens (tertiary/aromatic N) is 1. The molecule has 0 aliphatic heterocycles. The van der Waals surface area contributed by atoms with Crippen LogP contribution in [0.1, 0.15) is 119 Å². The van der Waals surface area contributed by atoms with Crippen molar-refractivity contribution in [1.82, 2.24) is 0 Å². The largest absolute Gasteiger partial charge is 0.481 e. The minimum absolute atomic E-state index is 0. The van der Waals surface area contributed by atoms with Gasteiger partial charge >= 0.3 is 0 Å². The van der Waals surface area contributed by atoms with Gasteiger partial charge in [-0.25, -0.2) is 0 Å². The van der Waals surface area contributed by atoms with Crippen LogP contribution < -0.4 is 10.2 Å². The van der Waals surface area contributed by atoms with Gasteiger partial charge < -0.3 is 20.4 Å². The van der Waals surface area contributed by atoms with Gasteiger partial charge in [-0.15, -0.1) is 0 Å². The molecule has 358 valence electrons. The normalized spacial score (nSPS) is 10.9. The van der Waals surface area contributed by atoms with Gasteiger partial charge in [0.05, 0.1) is 0 Å². The zero-order chi connectivity index (χ0) is 49.3. The Bertz CT molecular complexity index is 2190. The van der Waals surface area contributed by atoms with Gasteiger partial charge in [-0.1, -0.05) is 163 Å². The monoisotopic (exact) mass is 1220 g/mol. The third-order valence-corrected chi connectivity index (χ3v) is 11.4. The molecule has 0 aliphatic carbocycles. The van der Waals surface area contributed by atoms with Crippen LogP contribution >= 0.6 is 54.5 Å². The van der Waals surface area contributed by atoms with E-state index in [0.717, 1.165) is 39.9 Å². The summed E-state index contributed by atoms with van der Waals surface area (Å²) in [5.41, 5.74) is 11.8. The summed E-state index contributed by atoms with van der Waals surface area (Å²) in [6.07, 6.45) is 0. The Hall–Kier alpha value is -3.79. The smallest absolute Gasteiger partial charge is 0.300 e. The number of carbonyl (C=O) groups is 2. The van der Waals surface area contributed by atoms with Crippen LogP contribution in [0.15, 0.2) is 155 Å². The molecule has 0 saturated carbocycles. The molecule has 0 spiro atoms. The van der Waals surface area contributed by atoms with Gasteiger partial charge in [-0.05, 0) is 164 Å². The Balaban J connectivity index is 0.000000499. The van der Waals surface area contributed by atoms with Gasteiger partial charge in [0, 0.05) is 75.2 Å². The zero-order valence-corrected chi connectivity index (χ0v) is 47.8. The maximum atomic E-state index is 9.00. The number of anilines is 5. The molecule has 0 atom stereocenters. The number of carboxylic acids is 2. The van der Waals surface area contributed by atoms with E-state index in [1.165, 1.54) is 37.2 Å². The fourth-order valence-corrected chi connectivity index (χ4v) is 6.85. The summed E-state index contributed by atoms with van der Waals surface area (Å²) in [5.74, 6) is -1.67. The van der Waals surface area contributed by atoms with Crippen LogP contribution in [-0.2, 0) is 51.7 Å². The molecule has 0 radical (unpaired) electrons. The van der Waals surface area contributed by atoms with E-state index in [1.54, 1.807) is 0 Å². The first-order chi connectivity index (χ1) is 30.0. The Morgan fingerprint density at radius 1 is 0.424 bits per heavy atom. The molecule has 10 heteroatoms. The molecule has 0 bridgehead atoms. The average Bonchev–Trinajstić information content (AvgIpc) is 3.19. The van der Waals surface area contributed by atoms with E-state index in [1.807, 2.05) is 12.1 Å². The van der Waals surface area contributed by atoms with Gasteiger partial charge in [-0.2, -0.15) is 0 Å². The molecule has 3 N–H and O–H groups in total. The van der Waals surface area contributed by atoms with Crippen molar-refractivity contribution >= 4 is 94.8 Å². The molecule has 0 unspecified atom stereocenters. The summed E-state index contributed by atoms with van der Waals surface area (Å²) in [5, 5.41) is 18.3. The SMILES string of the molecule is Brc1ccc(I)cc1.CC(=O)O.CC(=O)O.CC(C)(C)c1ccc(N(c2ccc(Br)cc2)c2ccc(C(C)(C)C)cc2)cc1.CC(C)(C)c1ccc(Nc2ccc(C(C)(C)C)cc2)cc1.[Pd]. The summed E-state index contributed by atoms with van der Waals surface area (Å²) in [6.45, 7) is 29.1. The van der Waals surface area contributed by atoms with E-state index in [9.17, 15) is 0 Å². The van der Waals surface area contributed by atoms with Crippen LogP contribution in [0, 0.1) is 3.57 Å². The molecular weight excluding hydrogens is 1160 g/mol. The molecule has 66 heavy (non-hydrogen) atoms. The number of nitrogens with one attached hydrogen (secondary N) is 1. The molecule has 6 aromatic rings. The van der Waals surface area contributed by atoms with Gasteiger partial charge in [0.2, 0.25) is 0 Å². The third kappa shape index (κ3) is 22.8. The maximum Gasteiger partial charge on any atom is 0.300 e. The summed E-state index contributed by atoms with van der Waals surface area (Å²) < 4.78 is 3.49. The van der Waals surface area contributed by atoms with Gasteiger partial charge in [0.25, 0.3) is 11.9 Å². The average molecular weight is 1230 g/mol.